The molecule has 0 spiro atoms. The fraction of sp³-hybridized carbons (Fsp3) is 0.400. The summed E-state index contributed by atoms with van der Waals surface area (Å²) in [5.41, 5.74) is 1.55. The Bertz CT molecular complexity index is 782. The first-order chi connectivity index (χ1) is 12.5. The van der Waals surface area contributed by atoms with Crippen LogP contribution in [0.4, 0.5) is 0 Å². The fourth-order valence-corrected chi connectivity index (χ4v) is 3.80. The predicted octanol–water partition coefficient (Wildman–Crippen LogP) is 4.91. The smallest absolute Gasteiger partial charge is 0.230 e. The predicted molar refractivity (Wildman–Crippen MR) is 106 cm³/mol. The summed E-state index contributed by atoms with van der Waals surface area (Å²) in [7, 11) is 0. The van der Waals surface area contributed by atoms with E-state index in [1.807, 2.05) is 49.6 Å². The minimum absolute atomic E-state index is 0.311. The van der Waals surface area contributed by atoms with Crippen LogP contribution in [0.15, 0.2) is 46.4 Å². The Labute approximate surface area is 159 Å². The van der Waals surface area contributed by atoms with Gasteiger partial charge in [-0.05, 0) is 76.3 Å². The third-order valence-electron chi connectivity index (χ3n) is 4.81. The van der Waals surface area contributed by atoms with Gasteiger partial charge in [-0.1, -0.05) is 5.16 Å². The number of benzene rings is 1. The van der Waals surface area contributed by atoms with Gasteiger partial charge in [0.15, 0.2) is 5.84 Å². The molecule has 26 heavy (non-hydrogen) atoms. The molecule has 1 saturated heterocycles. The van der Waals surface area contributed by atoms with E-state index in [1.54, 1.807) is 11.8 Å². The van der Waals surface area contributed by atoms with Gasteiger partial charge in [-0.25, -0.2) is 4.98 Å². The first-order valence-electron chi connectivity index (χ1n) is 8.83. The molecule has 5 nitrogen and oxygen atoms in total. The molecule has 6 heteroatoms. The summed E-state index contributed by atoms with van der Waals surface area (Å²) in [4.78, 5) is 7.88. The van der Waals surface area contributed by atoms with Gasteiger partial charge in [0, 0.05) is 22.7 Å². The molecule has 0 saturated carbocycles. The van der Waals surface area contributed by atoms with E-state index in [9.17, 15) is 5.21 Å². The molecular formula is C20H25N3O2S. The Balaban J connectivity index is 1.96. The lowest BCUT2D eigenvalue weighted by atomic mass is 10.1. The lowest BCUT2D eigenvalue weighted by Crippen LogP contribution is -2.39. The Hall–Kier alpha value is -2.21. The number of thioether (sulfide) groups is 1. The van der Waals surface area contributed by atoms with E-state index in [2.05, 4.69) is 28.9 Å². The van der Waals surface area contributed by atoms with Crippen LogP contribution in [0.2, 0.25) is 0 Å². The summed E-state index contributed by atoms with van der Waals surface area (Å²) in [5.74, 6) is 1.69. The second kappa shape index (κ2) is 7.99. The summed E-state index contributed by atoms with van der Waals surface area (Å²) < 4.78 is 6.06. The average Bonchev–Trinajstić information content (AvgIpc) is 2.97. The topological polar surface area (TPSA) is 58.0 Å². The summed E-state index contributed by atoms with van der Waals surface area (Å²) in [6.45, 7) is 6.22. The second-order valence-corrected chi connectivity index (χ2v) is 7.57. The van der Waals surface area contributed by atoms with Gasteiger partial charge in [-0.3, -0.25) is 0 Å². The lowest BCUT2D eigenvalue weighted by molar-refractivity contribution is 0.282. The van der Waals surface area contributed by atoms with Crippen molar-refractivity contribution < 1.29 is 9.94 Å². The number of ether oxygens (including phenoxy) is 1. The van der Waals surface area contributed by atoms with Gasteiger partial charge >= 0.3 is 0 Å². The highest BCUT2D eigenvalue weighted by Crippen LogP contribution is 2.31. The maximum Gasteiger partial charge on any atom is 0.230 e. The Morgan fingerprint density at radius 1 is 1.15 bits per heavy atom. The van der Waals surface area contributed by atoms with Crippen LogP contribution in [0.5, 0.6) is 11.6 Å². The van der Waals surface area contributed by atoms with Crippen molar-refractivity contribution in [2.75, 3.05) is 6.26 Å². The summed E-state index contributed by atoms with van der Waals surface area (Å²) in [6.07, 6.45) is 4.19. The number of likely N-dealkylation sites (tertiary alicyclic amines) is 1. The normalized spacial score (nSPS) is 20.5. The van der Waals surface area contributed by atoms with Crippen molar-refractivity contribution in [2.45, 2.75) is 50.6 Å². The summed E-state index contributed by atoms with van der Waals surface area (Å²) in [6, 6.07) is 12.3. The molecule has 1 aromatic heterocycles. The van der Waals surface area contributed by atoms with Crippen molar-refractivity contribution in [2.24, 2.45) is 5.16 Å². The van der Waals surface area contributed by atoms with Crippen LogP contribution in [0.1, 0.15) is 37.9 Å². The van der Waals surface area contributed by atoms with Gasteiger partial charge < -0.3 is 14.8 Å². The van der Waals surface area contributed by atoms with Gasteiger partial charge in [0.1, 0.15) is 5.75 Å². The van der Waals surface area contributed by atoms with Crippen LogP contribution in [0.25, 0.3) is 0 Å². The van der Waals surface area contributed by atoms with Crippen molar-refractivity contribution in [1.29, 1.82) is 0 Å². The first-order valence-corrected chi connectivity index (χ1v) is 10.1. The molecule has 2 atom stereocenters. The zero-order valence-corrected chi connectivity index (χ0v) is 16.5. The molecular weight excluding hydrogens is 346 g/mol. The molecule has 2 heterocycles. The van der Waals surface area contributed by atoms with E-state index in [4.69, 9.17) is 4.74 Å². The van der Waals surface area contributed by atoms with Gasteiger partial charge in [0.2, 0.25) is 5.88 Å². The molecule has 1 aliphatic rings. The third kappa shape index (κ3) is 3.80. The van der Waals surface area contributed by atoms with Crippen LogP contribution in [-0.4, -0.2) is 39.3 Å². The van der Waals surface area contributed by atoms with E-state index >= 15 is 0 Å². The molecule has 0 aliphatic carbocycles. The number of hydrogen-bond acceptors (Lipinski definition) is 5. The quantitative estimate of drug-likeness (QED) is 0.272. The number of pyridine rings is 1. The molecule has 3 rings (SSSR count). The highest BCUT2D eigenvalue weighted by atomic mass is 32.2. The first kappa shape index (κ1) is 18.6. The maximum absolute atomic E-state index is 9.76. The van der Waals surface area contributed by atoms with Crippen LogP contribution >= 0.6 is 11.8 Å². The van der Waals surface area contributed by atoms with Gasteiger partial charge in [0.25, 0.3) is 0 Å². The zero-order chi connectivity index (χ0) is 18.7. The maximum atomic E-state index is 9.76. The Kier molecular flexibility index (Phi) is 5.71. The minimum atomic E-state index is 0.311. The molecule has 1 fully saturated rings. The third-order valence-corrected chi connectivity index (χ3v) is 5.55. The van der Waals surface area contributed by atoms with E-state index in [-0.39, 0.29) is 0 Å². The molecule has 2 unspecified atom stereocenters. The van der Waals surface area contributed by atoms with Crippen molar-refractivity contribution in [3.05, 3.63) is 47.7 Å². The number of rotatable bonds is 4. The van der Waals surface area contributed by atoms with Crippen LogP contribution in [0.3, 0.4) is 0 Å². The molecule has 0 radical (unpaired) electrons. The van der Waals surface area contributed by atoms with Gasteiger partial charge in [-0.2, -0.15) is 0 Å². The van der Waals surface area contributed by atoms with E-state index in [0.717, 1.165) is 18.5 Å². The number of oxime groups is 1. The van der Waals surface area contributed by atoms with Gasteiger partial charge in [-0.15, -0.1) is 11.8 Å². The number of nitrogens with zero attached hydrogens (tertiary/aromatic N) is 3. The van der Waals surface area contributed by atoms with E-state index in [0.29, 0.717) is 35.1 Å². The molecule has 0 bridgehead atoms. The Morgan fingerprint density at radius 3 is 2.38 bits per heavy atom. The van der Waals surface area contributed by atoms with Gasteiger partial charge in [0.05, 0.1) is 5.56 Å². The van der Waals surface area contributed by atoms with Crippen molar-refractivity contribution >= 4 is 17.6 Å². The number of aryl methyl sites for hydroxylation is 1. The van der Waals surface area contributed by atoms with Crippen LogP contribution in [0, 0.1) is 6.92 Å². The second-order valence-electron chi connectivity index (χ2n) is 6.69. The largest absolute Gasteiger partial charge is 0.438 e. The number of aromatic nitrogens is 1. The molecule has 1 aromatic carbocycles. The van der Waals surface area contributed by atoms with Crippen molar-refractivity contribution in [1.82, 2.24) is 9.88 Å². The highest BCUT2D eigenvalue weighted by Gasteiger charge is 2.32. The van der Waals surface area contributed by atoms with Crippen molar-refractivity contribution in [3.8, 4) is 11.6 Å². The van der Waals surface area contributed by atoms with E-state index < -0.39 is 0 Å². The summed E-state index contributed by atoms with van der Waals surface area (Å²) >= 11 is 1.69. The number of hydrogen-bond donors (Lipinski definition) is 1. The average molecular weight is 372 g/mol. The monoisotopic (exact) mass is 371 g/mol. The fourth-order valence-electron chi connectivity index (χ4n) is 3.39. The zero-order valence-electron chi connectivity index (χ0n) is 15.6. The number of amidine groups is 1. The molecule has 1 aliphatic heterocycles. The standard InChI is InChI=1S/C20H25N3O2S/c1-13-5-12-18(19(22-24)23-14(2)6-7-15(23)3)20(21-13)25-16-8-10-17(26-4)11-9-16/h5,8-12,14-15,24H,6-7H2,1-4H3/b22-19-. The van der Waals surface area contributed by atoms with Crippen LogP contribution < -0.4 is 4.74 Å². The van der Waals surface area contributed by atoms with Crippen molar-refractivity contribution in [3.63, 3.8) is 0 Å². The van der Waals surface area contributed by atoms with Crippen LogP contribution in [-0.2, 0) is 0 Å². The minimum Gasteiger partial charge on any atom is -0.438 e. The highest BCUT2D eigenvalue weighted by molar-refractivity contribution is 7.98. The molecule has 1 N–H and O–H groups in total. The SMILES string of the molecule is CSc1ccc(Oc2nc(C)ccc2/C(=N/O)N2C(C)CCC2C)cc1. The molecule has 2 aromatic rings. The Morgan fingerprint density at radius 2 is 1.81 bits per heavy atom. The molecule has 138 valence electrons. The summed E-state index contributed by atoms with van der Waals surface area (Å²) in [5, 5.41) is 13.4. The lowest BCUT2D eigenvalue weighted by Gasteiger charge is -2.29. The molecule has 0 amide bonds. The van der Waals surface area contributed by atoms with E-state index in [1.165, 1.54) is 4.90 Å².